The van der Waals surface area contributed by atoms with Crippen molar-refractivity contribution in [2.24, 2.45) is 0 Å². The van der Waals surface area contributed by atoms with Crippen LogP contribution in [0.3, 0.4) is 0 Å². The Labute approximate surface area is 131 Å². The van der Waals surface area contributed by atoms with E-state index in [0.717, 1.165) is 22.7 Å². The second-order valence-electron chi connectivity index (χ2n) is 5.09. The number of carbonyl (C=O) groups is 1. The van der Waals surface area contributed by atoms with Crippen molar-refractivity contribution >= 4 is 21.6 Å². The summed E-state index contributed by atoms with van der Waals surface area (Å²) in [5, 5.41) is 2.49. The third-order valence-electron chi connectivity index (χ3n) is 3.29. The van der Waals surface area contributed by atoms with E-state index in [9.17, 15) is 26.4 Å². The number of carbonyl (C=O) groups excluding carboxylic acids is 1. The van der Waals surface area contributed by atoms with Crippen molar-refractivity contribution in [2.45, 2.75) is 25.2 Å². The number of sulfonamides is 1. The highest BCUT2D eigenvalue weighted by Gasteiger charge is 2.36. The van der Waals surface area contributed by atoms with E-state index in [1.165, 1.54) is 12.1 Å². The van der Waals surface area contributed by atoms with E-state index in [1.807, 2.05) is 0 Å². The van der Waals surface area contributed by atoms with Gasteiger partial charge in [-0.15, -0.1) is 13.2 Å². The zero-order valence-electron chi connectivity index (χ0n) is 12.1. The van der Waals surface area contributed by atoms with Crippen LogP contribution in [0.5, 0.6) is 5.75 Å². The van der Waals surface area contributed by atoms with Crippen LogP contribution in [-0.4, -0.2) is 43.8 Å². The molecular formula is C13H15F3N2O4S. The molecule has 0 aromatic heterocycles. The molecule has 1 aromatic rings. The number of nitrogens with zero attached hydrogens (tertiary/aromatic N) is 1. The molecule has 1 atom stereocenters. The number of anilines is 1. The van der Waals surface area contributed by atoms with E-state index in [1.54, 1.807) is 0 Å². The largest absolute Gasteiger partial charge is 0.573 e. The Hall–Kier alpha value is -1.81. The molecule has 1 unspecified atom stereocenters. The van der Waals surface area contributed by atoms with Crippen LogP contribution in [0.2, 0.25) is 0 Å². The maximum atomic E-state index is 12.2. The second-order valence-corrected chi connectivity index (χ2v) is 7.03. The molecule has 23 heavy (non-hydrogen) atoms. The molecule has 0 radical (unpaired) electrons. The second kappa shape index (κ2) is 6.36. The highest BCUT2D eigenvalue weighted by Crippen LogP contribution is 2.25. The number of hydrogen-bond donors (Lipinski definition) is 1. The molecule has 0 spiro atoms. The molecule has 1 aliphatic rings. The number of nitrogens with one attached hydrogen (secondary N) is 1. The van der Waals surface area contributed by atoms with Crippen LogP contribution in [0.4, 0.5) is 18.9 Å². The number of amides is 1. The van der Waals surface area contributed by atoms with Gasteiger partial charge in [0, 0.05) is 12.2 Å². The molecule has 6 nitrogen and oxygen atoms in total. The van der Waals surface area contributed by atoms with Crippen LogP contribution in [0.1, 0.15) is 12.8 Å². The Morgan fingerprint density at radius 1 is 1.30 bits per heavy atom. The van der Waals surface area contributed by atoms with Gasteiger partial charge in [0.1, 0.15) is 11.8 Å². The lowest BCUT2D eigenvalue weighted by molar-refractivity contribution is -0.274. The van der Waals surface area contributed by atoms with Gasteiger partial charge in [-0.1, -0.05) is 0 Å². The summed E-state index contributed by atoms with van der Waals surface area (Å²) in [6.07, 6.45) is -2.79. The average molecular weight is 352 g/mol. The molecule has 128 valence electrons. The lowest BCUT2D eigenvalue weighted by atomic mass is 10.2. The Morgan fingerprint density at radius 3 is 2.43 bits per heavy atom. The smallest absolute Gasteiger partial charge is 0.406 e. The van der Waals surface area contributed by atoms with Gasteiger partial charge in [0.05, 0.1) is 6.26 Å². The van der Waals surface area contributed by atoms with Crippen molar-refractivity contribution in [3.05, 3.63) is 24.3 Å². The number of alkyl halides is 3. The van der Waals surface area contributed by atoms with Crippen molar-refractivity contribution in [2.75, 3.05) is 18.1 Å². The van der Waals surface area contributed by atoms with Crippen LogP contribution in [0, 0.1) is 0 Å². The summed E-state index contributed by atoms with van der Waals surface area (Å²) in [7, 11) is -3.49. The summed E-state index contributed by atoms with van der Waals surface area (Å²) >= 11 is 0. The van der Waals surface area contributed by atoms with Crippen LogP contribution in [0.25, 0.3) is 0 Å². The van der Waals surface area contributed by atoms with E-state index in [2.05, 4.69) is 10.1 Å². The summed E-state index contributed by atoms with van der Waals surface area (Å²) in [5.74, 6) is -0.924. The molecule has 1 fully saturated rings. The number of hydrogen-bond acceptors (Lipinski definition) is 4. The molecule has 1 aromatic carbocycles. The lowest BCUT2D eigenvalue weighted by Crippen LogP contribution is -2.42. The SMILES string of the molecule is CS(=O)(=O)N1CCCC1C(=O)Nc1ccc(OC(F)(F)F)cc1. The molecule has 0 aliphatic carbocycles. The fourth-order valence-corrected chi connectivity index (χ4v) is 3.49. The van der Waals surface area contributed by atoms with Crippen LogP contribution in [0.15, 0.2) is 24.3 Å². The fourth-order valence-electron chi connectivity index (χ4n) is 2.36. The average Bonchev–Trinajstić information content (AvgIpc) is 2.88. The highest BCUT2D eigenvalue weighted by molar-refractivity contribution is 7.88. The molecule has 1 aliphatic heterocycles. The number of halogens is 3. The summed E-state index contributed by atoms with van der Waals surface area (Å²) in [6, 6.07) is 3.81. The third-order valence-corrected chi connectivity index (χ3v) is 4.58. The van der Waals surface area contributed by atoms with E-state index in [0.29, 0.717) is 12.8 Å². The first-order chi connectivity index (χ1) is 10.6. The summed E-state index contributed by atoms with van der Waals surface area (Å²) in [4.78, 5) is 12.2. The van der Waals surface area contributed by atoms with E-state index < -0.39 is 34.1 Å². The quantitative estimate of drug-likeness (QED) is 0.899. The molecular weight excluding hydrogens is 337 g/mol. The summed E-state index contributed by atoms with van der Waals surface area (Å²) in [6.45, 7) is 0.273. The molecule has 1 N–H and O–H groups in total. The van der Waals surface area contributed by atoms with Crippen LogP contribution >= 0.6 is 0 Å². The van der Waals surface area contributed by atoms with Gasteiger partial charge in [0.25, 0.3) is 0 Å². The number of rotatable bonds is 4. The van der Waals surface area contributed by atoms with E-state index in [4.69, 9.17) is 0 Å². The predicted octanol–water partition coefficient (Wildman–Crippen LogP) is 1.95. The van der Waals surface area contributed by atoms with Crippen molar-refractivity contribution in [3.8, 4) is 5.75 Å². The lowest BCUT2D eigenvalue weighted by Gasteiger charge is -2.21. The standard InChI is InChI=1S/C13H15F3N2O4S/c1-23(20,21)18-8-2-3-11(18)12(19)17-9-4-6-10(7-5-9)22-13(14,15)16/h4-7,11H,2-3,8H2,1H3,(H,17,19). The van der Waals surface area contributed by atoms with Crippen molar-refractivity contribution in [3.63, 3.8) is 0 Å². The summed E-state index contributed by atoms with van der Waals surface area (Å²) in [5.41, 5.74) is 0.255. The Balaban J connectivity index is 2.03. The van der Waals surface area contributed by atoms with Gasteiger partial charge >= 0.3 is 6.36 Å². The maximum Gasteiger partial charge on any atom is 0.573 e. The third kappa shape index (κ3) is 4.83. The molecule has 1 heterocycles. The van der Waals surface area contributed by atoms with E-state index >= 15 is 0 Å². The van der Waals surface area contributed by atoms with Crippen LogP contribution in [-0.2, 0) is 14.8 Å². The van der Waals surface area contributed by atoms with E-state index in [-0.39, 0.29) is 12.2 Å². The first-order valence-corrected chi connectivity index (χ1v) is 8.54. The molecule has 10 heteroatoms. The molecule has 0 bridgehead atoms. The molecule has 2 rings (SSSR count). The van der Waals surface area contributed by atoms with Crippen molar-refractivity contribution in [1.82, 2.24) is 4.31 Å². The minimum atomic E-state index is -4.79. The zero-order valence-corrected chi connectivity index (χ0v) is 12.9. The van der Waals surface area contributed by atoms with Crippen molar-refractivity contribution in [1.29, 1.82) is 0 Å². The number of ether oxygens (including phenoxy) is 1. The van der Waals surface area contributed by atoms with Gasteiger partial charge < -0.3 is 10.1 Å². The van der Waals surface area contributed by atoms with Gasteiger partial charge in [-0.25, -0.2) is 8.42 Å². The monoisotopic (exact) mass is 352 g/mol. The van der Waals surface area contributed by atoms with Gasteiger partial charge in [-0.3, -0.25) is 4.79 Å². The highest BCUT2D eigenvalue weighted by atomic mass is 32.2. The topological polar surface area (TPSA) is 75.7 Å². The molecule has 0 saturated carbocycles. The van der Waals surface area contributed by atoms with Gasteiger partial charge in [-0.2, -0.15) is 4.31 Å². The zero-order chi connectivity index (χ0) is 17.3. The fraction of sp³-hybridized carbons (Fsp3) is 0.462. The normalized spacial score (nSPS) is 19.6. The van der Waals surface area contributed by atoms with Gasteiger partial charge in [0.15, 0.2) is 0 Å². The first kappa shape index (κ1) is 17.5. The number of benzene rings is 1. The van der Waals surface area contributed by atoms with Crippen molar-refractivity contribution < 1.29 is 31.1 Å². The maximum absolute atomic E-state index is 12.2. The van der Waals surface area contributed by atoms with Gasteiger partial charge in [0.2, 0.25) is 15.9 Å². The summed E-state index contributed by atoms with van der Waals surface area (Å²) < 4.78 is 64.2. The first-order valence-electron chi connectivity index (χ1n) is 6.70. The Kier molecular flexibility index (Phi) is 4.85. The molecule has 1 amide bonds. The predicted molar refractivity (Wildman–Crippen MR) is 76.3 cm³/mol. The minimum absolute atomic E-state index is 0.255. The Morgan fingerprint density at radius 2 is 1.91 bits per heavy atom. The van der Waals surface area contributed by atoms with Crippen LogP contribution < -0.4 is 10.1 Å². The Bertz CT molecular complexity index is 673. The minimum Gasteiger partial charge on any atom is -0.406 e. The molecule has 1 saturated heterocycles. The van der Waals surface area contributed by atoms with Gasteiger partial charge in [-0.05, 0) is 37.1 Å².